The van der Waals surface area contributed by atoms with Crippen molar-refractivity contribution in [3.8, 4) is 5.75 Å². The third-order valence-corrected chi connectivity index (χ3v) is 3.37. The van der Waals surface area contributed by atoms with Crippen LogP contribution in [0, 0.1) is 0 Å². The zero-order valence-corrected chi connectivity index (χ0v) is 12.8. The lowest BCUT2D eigenvalue weighted by Crippen LogP contribution is -2.05. The molecule has 19 heavy (non-hydrogen) atoms. The van der Waals surface area contributed by atoms with Gasteiger partial charge in [-0.15, -0.1) is 0 Å². The Morgan fingerprint density at radius 1 is 1.37 bits per heavy atom. The van der Waals surface area contributed by atoms with Gasteiger partial charge in [-0.1, -0.05) is 17.7 Å². The largest absolute Gasteiger partial charge is 0.487 e. The summed E-state index contributed by atoms with van der Waals surface area (Å²) < 4.78 is 6.60. The number of aromatic nitrogens is 1. The first-order valence-corrected chi connectivity index (χ1v) is 7.00. The predicted octanol–water partition coefficient (Wildman–Crippen LogP) is 4.10. The van der Waals surface area contributed by atoms with Crippen LogP contribution in [0.3, 0.4) is 0 Å². The van der Waals surface area contributed by atoms with Gasteiger partial charge in [-0.2, -0.15) is 0 Å². The van der Waals surface area contributed by atoms with E-state index in [2.05, 4.69) is 20.9 Å². The van der Waals surface area contributed by atoms with E-state index in [0.717, 1.165) is 15.6 Å². The first-order chi connectivity index (χ1) is 9.06. The fraction of sp³-hybridized carbons (Fsp3) is 0.214. The summed E-state index contributed by atoms with van der Waals surface area (Å²) in [5.41, 5.74) is 7.76. The molecule has 3 nitrogen and oxygen atoms in total. The Morgan fingerprint density at radius 2 is 2.16 bits per heavy atom. The minimum absolute atomic E-state index is 0.0409. The Balaban J connectivity index is 2.07. The fourth-order valence-electron chi connectivity index (χ4n) is 1.61. The van der Waals surface area contributed by atoms with Crippen LogP contribution in [0.1, 0.15) is 24.1 Å². The van der Waals surface area contributed by atoms with E-state index >= 15 is 0 Å². The average Bonchev–Trinajstić information content (AvgIpc) is 2.37. The van der Waals surface area contributed by atoms with Crippen molar-refractivity contribution in [1.29, 1.82) is 0 Å². The zero-order chi connectivity index (χ0) is 13.8. The number of hydrogen-bond donors (Lipinski definition) is 1. The highest BCUT2D eigenvalue weighted by Gasteiger charge is 2.06. The summed E-state index contributed by atoms with van der Waals surface area (Å²) in [6.07, 6.45) is 3.49. The van der Waals surface area contributed by atoms with Crippen molar-refractivity contribution in [2.24, 2.45) is 5.73 Å². The molecule has 0 saturated heterocycles. The van der Waals surface area contributed by atoms with Gasteiger partial charge in [0.1, 0.15) is 12.4 Å². The molecule has 0 aliphatic heterocycles. The summed E-state index contributed by atoms with van der Waals surface area (Å²) in [6, 6.07) is 7.51. The maximum Gasteiger partial charge on any atom is 0.138 e. The molecule has 0 spiro atoms. The molecule has 1 aromatic heterocycles. The Labute approximate surface area is 125 Å². The summed E-state index contributed by atoms with van der Waals surface area (Å²) in [5.74, 6) is 0.644. The maximum absolute atomic E-state index is 6.17. The minimum Gasteiger partial charge on any atom is -0.487 e. The number of rotatable bonds is 4. The van der Waals surface area contributed by atoms with Crippen LogP contribution in [0.25, 0.3) is 0 Å². The maximum atomic E-state index is 6.17. The van der Waals surface area contributed by atoms with Crippen LogP contribution >= 0.6 is 27.5 Å². The monoisotopic (exact) mass is 340 g/mol. The second kappa shape index (κ2) is 6.37. The number of hydrogen-bond acceptors (Lipinski definition) is 3. The SMILES string of the molecule is C[C@@H](N)c1ccc(OCc2cncc(Br)c2)c(Cl)c1. The normalized spacial score (nSPS) is 12.2. The summed E-state index contributed by atoms with van der Waals surface area (Å²) in [5, 5.41) is 0.567. The molecule has 2 N–H and O–H groups in total. The lowest BCUT2D eigenvalue weighted by molar-refractivity contribution is 0.306. The molecule has 0 bridgehead atoms. The first kappa shape index (κ1) is 14.3. The Bertz CT molecular complexity index is 575. The minimum atomic E-state index is -0.0409. The molecule has 0 aliphatic rings. The van der Waals surface area contributed by atoms with Gasteiger partial charge >= 0.3 is 0 Å². The molecular formula is C14H14BrClN2O. The molecule has 100 valence electrons. The molecule has 2 aromatic rings. The van der Waals surface area contributed by atoms with Crippen LogP contribution in [0.4, 0.5) is 0 Å². The summed E-state index contributed by atoms with van der Waals surface area (Å²) >= 11 is 9.54. The highest BCUT2D eigenvalue weighted by molar-refractivity contribution is 9.10. The highest BCUT2D eigenvalue weighted by atomic mass is 79.9. The van der Waals surface area contributed by atoms with Crippen molar-refractivity contribution in [3.05, 3.63) is 57.3 Å². The van der Waals surface area contributed by atoms with Crippen molar-refractivity contribution >= 4 is 27.5 Å². The number of benzene rings is 1. The van der Waals surface area contributed by atoms with Crippen LogP contribution in [-0.2, 0) is 6.61 Å². The quantitative estimate of drug-likeness (QED) is 0.911. The number of halogens is 2. The first-order valence-electron chi connectivity index (χ1n) is 5.83. The van der Waals surface area contributed by atoms with E-state index in [4.69, 9.17) is 22.1 Å². The molecule has 1 aromatic carbocycles. The lowest BCUT2D eigenvalue weighted by atomic mass is 10.1. The van der Waals surface area contributed by atoms with Crippen molar-refractivity contribution in [2.75, 3.05) is 0 Å². The Morgan fingerprint density at radius 3 is 2.79 bits per heavy atom. The number of nitrogens with two attached hydrogens (primary N) is 1. The van der Waals surface area contributed by atoms with Crippen molar-refractivity contribution in [1.82, 2.24) is 4.98 Å². The van der Waals surface area contributed by atoms with E-state index in [9.17, 15) is 0 Å². The molecule has 0 unspecified atom stereocenters. The third-order valence-electron chi connectivity index (χ3n) is 2.64. The Hall–Kier alpha value is -1.10. The van der Waals surface area contributed by atoms with Crippen molar-refractivity contribution in [2.45, 2.75) is 19.6 Å². The van der Waals surface area contributed by atoms with E-state index < -0.39 is 0 Å². The average molecular weight is 342 g/mol. The van der Waals surface area contributed by atoms with E-state index in [1.165, 1.54) is 0 Å². The third kappa shape index (κ3) is 3.93. The second-order valence-electron chi connectivity index (χ2n) is 4.28. The van der Waals surface area contributed by atoms with Gasteiger partial charge in [0.15, 0.2) is 0 Å². The van der Waals surface area contributed by atoms with Crippen molar-refractivity contribution in [3.63, 3.8) is 0 Å². The van der Waals surface area contributed by atoms with Gasteiger partial charge in [-0.05, 0) is 46.6 Å². The second-order valence-corrected chi connectivity index (χ2v) is 5.60. The molecule has 0 radical (unpaired) electrons. The standard InChI is InChI=1S/C14H14BrClN2O/c1-9(17)11-2-3-14(13(16)5-11)19-8-10-4-12(15)7-18-6-10/h2-7,9H,8,17H2,1H3/t9-/m1/s1. The van der Waals surface area contributed by atoms with Gasteiger partial charge in [0.05, 0.1) is 5.02 Å². The molecule has 1 atom stereocenters. The Kier molecular flexibility index (Phi) is 4.80. The summed E-state index contributed by atoms with van der Waals surface area (Å²) in [4.78, 5) is 4.08. The number of nitrogens with zero attached hydrogens (tertiary/aromatic N) is 1. The van der Waals surface area contributed by atoms with E-state index in [1.54, 1.807) is 12.4 Å². The van der Waals surface area contributed by atoms with Gasteiger partial charge in [-0.25, -0.2) is 0 Å². The van der Waals surface area contributed by atoms with Crippen LogP contribution < -0.4 is 10.5 Å². The molecule has 0 saturated carbocycles. The molecule has 2 rings (SSSR count). The zero-order valence-electron chi connectivity index (χ0n) is 10.4. The van der Waals surface area contributed by atoms with Gasteiger partial charge in [0, 0.05) is 28.5 Å². The lowest BCUT2D eigenvalue weighted by Gasteiger charge is -2.11. The van der Waals surface area contributed by atoms with Gasteiger partial charge in [0.25, 0.3) is 0 Å². The fourth-order valence-corrected chi connectivity index (χ4v) is 2.27. The van der Waals surface area contributed by atoms with Crippen molar-refractivity contribution < 1.29 is 4.74 Å². The molecular weight excluding hydrogens is 328 g/mol. The number of pyridine rings is 1. The van der Waals surface area contributed by atoms with Gasteiger partial charge in [0.2, 0.25) is 0 Å². The van der Waals surface area contributed by atoms with Crippen LogP contribution in [0.15, 0.2) is 41.1 Å². The number of ether oxygens (including phenoxy) is 1. The van der Waals surface area contributed by atoms with Crippen LogP contribution in [-0.4, -0.2) is 4.98 Å². The van der Waals surface area contributed by atoms with Crippen LogP contribution in [0.2, 0.25) is 5.02 Å². The van der Waals surface area contributed by atoms with Crippen LogP contribution in [0.5, 0.6) is 5.75 Å². The molecule has 0 amide bonds. The van der Waals surface area contributed by atoms with Gasteiger partial charge in [-0.3, -0.25) is 4.98 Å². The molecule has 1 heterocycles. The topological polar surface area (TPSA) is 48.1 Å². The summed E-state index contributed by atoms with van der Waals surface area (Å²) in [6.45, 7) is 2.34. The predicted molar refractivity (Wildman–Crippen MR) is 80.3 cm³/mol. The highest BCUT2D eigenvalue weighted by Crippen LogP contribution is 2.28. The molecule has 0 fully saturated rings. The smallest absolute Gasteiger partial charge is 0.138 e. The van der Waals surface area contributed by atoms with E-state index in [0.29, 0.717) is 17.4 Å². The van der Waals surface area contributed by atoms with E-state index in [1.807, 2.05) is 31.2 Å². The molecule has 0 aliphatic carbocycles. The summed E-state index contributed by atoms with van der Waals surface area (Å²) in [7, 11) is 0. The van der Waals surface area contributed by atoms with Gasteiger partial charge < -0.3 is 10.5 Å². The molecule has 5 heteroatoms. The van der Waals surface area contributed by atoms with E-state index in [-0.39, 0.29) is 6.04 Å².